The van der Waals surface area contributed by atoms with Crippen molar-refractivity contribution in [1.82, 2.24) is 0 Å². The number of hydrogen-bond acceptors (Lipinski definition) is 1. The minimum atomic E-state index is -0.851. The molecule has 1 N–H and O–H groups in total. The first-order valence-corrected chi connectivity index (χ1v) is 8.20. The molecule has 0 aromatic heterocycles. The van der Waals surface area contributed by atoms with Crippen molar-refractivity contribution in [1.29, 1.82) is 0 Å². The standard InChI is InChI=1S/C12H22O2.C8H8/c1-3-4-5-6-7-8-9-10-11(2)12(13)14;1-2-8-6-4-3-5-7-8/h2-10H2,1H3,(H,13,14);2-7H,1H2. The molecule has 1 aromatic carbocycles. The largest absolute Gasteiger partial charge is 0.478 e. The van der Waals surface area contributed by atoms with Gasteiger partial charge in [0.2, 0.25) is 0 Å². The molecule has 0 heterocycles. The van der Waals surface area contributed by atoms with Gasteiger partial charge >= 0.3 is 5.97 Å². The van der Waals surface area contributed by atoms with Crippen molar-refractivity contribution in [2.75, 3.05) is 0 Å². The van der Waals surface area contributed by atoms with Gasteiger partial charge in [-0.3, -0.25) is 0 Å². The Morgan fingerprint density at radius 1 is 1.05 bits per heavy atom. The molecule has 2 nitrogen and oxygen atoms in total. The third-order valence-electron chi connectivity index (χ3n) is 3.42. The van der Waals surface area contributed by atoms with Gasteiger partial charge in [-0.05, 0) is 18.4 Å². The normalized spacial score (nSPS) is 9.50. The minimum Gasteiger partial charge on any atom is -0.478 e. The molecule has 122 valence electrons. The summed E-state index contributed by atoms with van der Waals surface area (Å²) in [7, 11) is 0. The molecule has 0 atom stereocenters. The molecule has 0 radical (unpaired) electrons. The molecule has 0 aliphatic carbocycles. The molecule has 0 saturated carbocycles. The van der Waals surface area contributed by atoms with Gasteiger partial charge in [-0.2, -0.15) is 0 Å². The van der Waals surface area contributed by atoms with Gasteiger partial charge in [0.1, 0.15) is 0 Å². The second kappa shape index (κ2) is 14.1. The molecular formula is C20H30O2. The van der Waals surface area contributed by atoms with Crippen LogP contribution in [0.5, 0.6) is 0 Å². The first-order valence-electron chi connectivity index (χ1n) is 8.20. The van der Waals surface area contributed by atoms with Crippen LogP contribution >= 0.6 is 0 Å². The van der Waals surface area contributed by atoms with E-state index in [4.69, 9.17) is 5.11 Å². The lowest BCUT2D eigenvalue weighted by molar-refractivity contribution is -0.132. The number of carboxylic acid groups (broad SMARTS) is 1. The molecule has 1 rings (SSSR count). The van der Waals surface area contributed by atoms with Gasteiger partial charge in [-0.1, -0.05) is 95.0 Å². The van der Waals surface area contributed by atoms with Crippen molar-refractivity contribution in [3.8, 4) is 0 Å². The van der Waals surface area contributed by atoms with Crippen LogP contribution in [-0.4, -0.2) is 11.1 Å². The Morgan fingerprint density at radius 3 is 2.05 bits per heavy atom. The van der Waals surface area contributed by atoms with E-state index in [9.17, 15) is 4.79 Å². The van der Waals surface area contributed by atoms with Crippen LogP contribution in [0, 0.1) is 0 Å². The zero-order valence-electron chi connectivity index (χ0n) is 13.9. The zero-order chi connectivity index (χ0) is 16.6. The number of hydrogen-bond donors (Lipinski definition) is 1. The molecule has 0 amide bonds. The monoisotopic (exact) mass is 302 g/mol. The van der Waals surface area contributed by atoms with Crippen molar-refractivity contribution in [3.05, 3.63) is 54.6 Å². The molecule has 0 spiro atoms. The SMILES string of the molecule is C=C(CCCCCCCCC)C(=O)O.C=Cc1ccccc1. The summed E-state index contributed by atoms with van der Waals surface area (Å²) >= 11 is 0. The van der Waals surface area contributed by atoms with E-state index in [-0.39, 0.29) is 0 Å². The van der Waals surface area contributed by atoms with Gasteiger partial charge in [0.05, 0.1) is 0 Å². The number of unbranched alkanes of at least 4 members (excludes halogenated alkanes) is 6. The van der Waals surface area contributed by atoms with Gasteiger partial charge < -0.3 is 5.11 Å². The highest BCUT2D eigenvalue weighted by Crippen LogP contribution is 2.11. The molecule has 0 aliphatic rings. The number of aliphatic carboxylic acids is 1. The van der Waals surface area contributed by atoms with Gasteiger partial charge in [-0.25, -0.2) is 4.79 Å². The molecule has 0 fully saturated rings. The van der Waals surface area contributed by atoms with Crippen molar-refractivity contribution < 1.29 is 9.90 Å². The summed E-state index contributed by atoms with van der Waals surface area (Å²) in [5.41, 5.74) is 1.52. The summed E-state index contributed by atoms with van der Waals surface area (Å²) in [4.78, 5) is 10.4. The Kier molecular flexibility index (Phi) is 12.9. The van der Waals surface area contributed by atoms with Crippen LogP contribution in [0.4, 0.5) is 0 Å². The molecule has 0 saturated heterocycles. The fraction of sp³-hybridized carbons (Fsp3) is 0.450. The Morgan fingerprint density at radius 2 is 1.59 bits per heavy atom. The third kappa shape index (κ3) is 12.0. The highest BCUT2D eigenvalue weighted by Gasteiger charge is 2.02. The molecule has 22 heavy (non-hydrogen) atoms. The number of benzene rings is 1. The Balaban J connectivity index is 0.000000461. The van der Waals surface area contributed by atoms with E-state index >= 15 is 0 Å². The summed E-state index contributed by atoms with van der Waals surface area (Å²) in [6, 6.07) is 10.0. The van der Waals surface area contributed by atoms with Crippen LogP contribution in [0.3, 0.4) is 0 Å². The maximum absolute atomic E-state index is 10.4. The van der Waals surface area contributed by atoms with E-state index < -0.39 is 5.97 Å². The minimum absolute atomic E-state index is 0.346. The van der Waals surface area contributed by atoms with E-state index in [0.717, 1.165) is 12.8 Å². The second-order valence-corrected chi connectivity index (χ2v) is 5.39. The lowest BCUT2D eigenvalue weighted by Gasteiger charge is -2.01. The van der Waals surface area contributed by atoms with Crippen LogP contribution in [0.2, 0.25) is 0 Å². The molecular weight excluding hydrogens is 272 g/mol. The average Bonchev–Trinajstić information content (AvgIpc) is 2.55. The molecule has 0 unspecified atom stereocenters. The summed E-state index contributed by atoms with van der Waals surface area (Å²) < 4.78 is 0. The summed E-state index contributed by atoms with van der Waals surface area (Å²) in [5.74, 6) is -0.851. The van der Waals surface area contributed by atoms with Gasteiger partial charge in [0, 0.05) is 5.57 Å². The number of carboxylic acids is 1. The van der Waals surface area contributed by atoms with Crippen LogP contribution in [0.25, 0.3) is 6.08 Å². The second-order valence-electron chi connectivity index (χ2n) is 5.39. The van der Waals surface area contributed by atoms with Crippen LogP contribution in [0.15, 0.2) is 49.1 Å². The molecule has 2 heteroatoms. The summed E-state index contributed by atoms with van der Waals surface area (Å²) in [6.45, 7) is 9.34. The van der Waals surface area contributed by atoms with E-state index in [1.165, 1.54) is 37.7 Å². The first-order chi connectivity index (χ1) is 10.6. The van der Waals surface area contributed by atoms with Crippen LogP contribution in [-0.2, 0) is 4.79 Å². The maximum atomic E-state index is 10.4. The summed E-state index contributed by atoms with van der Waals surface area (Å²) in [5, 5.41) is 8.56. The van der Waals surface area contributed by atoms with Crippen molar-refractivity contribution in [2.24, 2.45) is 0 Å². The smallest absolute Gasteiger partial charge is 0.330 e. The summed E-state index contributed by atoms with van der Waals surface area (Å²) in [6.07, 6.45) is 11.0. The predicted octanol–water partition coefficient (Wildman–Crippen LogP) is 6.10. The van der Waals surface area contributed by atoms with Gasteiger partial charge in [0.15, 0.2) is 0 Å². The lowest BCUT2D eigenvalue weighted by Crippen LogP contribution is -1.98. The highest BCUT2D eigenvalue weighted by molar-refractivity contribution is 5.85. The molecule has 0 bridgehead atoms. The van der Waals surface area contributed by atoms with E-state index in [0.29, 0.717) is 12.0 Å². The van der Waals surface area contributed by atoms with E-state index in [2.05, 4.69) is 20.1 Å². The predicted molar refractivity (Wildman–Crippen MR) is 95.9 cm³/mol. The fourth-order valence-electron chi connectivity index (χ4n) is 1.99. The molecule has 0 aliphatic heterocycles. The Labute approximate surface area is 135 Å². The first kappa shape index (κ1) is 20.2. The number of carbonyl (C=O) groups is 1. The fourth-order valence-corrected chi connectivity index (χ4v) is 1.99. The average molecular weight is 302 g/mol. The van der Waals surface area contributed by atoms with Crippen molar-refractivity contribution in [3.63, 3.8) is 0 Å². The van der Waals surface area contributed by atoms with E-state index in [1.54, 1.807) is 0 Å². The lowest BCUT2D eigenvalue weighted by atomic mass is 10.1. The van der Waals surface area contributed by atoms with Crippen LogP contribution < -0.4 is 0 Å². The third-order valence-corrected chi connectivity index (χ3v) is 3.42. The van der Waals surface area contributed by atoms with Gasteiger partial charge in [-0.15, -0.1) is 0 Å². The number of rotatable bonds is 10. The van der Waals surface area contributed by atoms with Crippen LogP contribution in [0.1, 0.15) is 63.9 Å². The molecule has 1 aromatic rings. The van der Waals surface area contributed by atoms with E-state index in [1.807, 2.05) is 36.4 Å². The van der Waals surface area contributed by atoms with Crippen molar-refractivity contribution in [2.45, 2.75) is 58.3 Å². The Bertz CT molecular complexity index is 421. The highest BCUT2D eigenvalue weighted by atomic mass is 16.4. The van der Waals surface area contributed by atoms with Crippen molar-refractivity contribution >= 4 is 12.0 Å². The maximum Gasteiger partial charge on any atom is 0.330 e. The Hall–Kier alpha value is -1.83. The topological polar surface area (TPSA) is 37.3 Å². The zero-order valence-corrected chi connectivity index (χ0v) is 13.9. The quantitative estimate of drug-likeness (QED) is 0.419. The van der Waals surface area contributed by atoms with Gasteiger partial charge in [0.25, 0.3) is 0 Å².